The maximum Gasteiger partial charge on any atom is 0.208 e. The molecule has 1 heterocycles. The minimum atomic E-state index is 0.504. The summed E-state index contributed by atoms with van der Waals surface area (Å²) in [6.45, 7) is 0. The zero-order valence-electron chi connectivity index (χ0n) is 3.06. The molecule has 5 heteroatoms. The molecule has 0 aliphatic carbocycles. The predicted octanol–water partition coefficient (Wildman–Crippen LogP) is 1.80. The normalized spacial score (nSPS) is 9.43. The number of halogens is 2. The largest absolute Gasteiger partial charge is 0.208 e. The van der Waals surface area contributed by atoms with Crippen molar-refractivity contribution in [3.05, 3.63) is 7.48 Å². The first-order valence-corrected chi connectivity index (χ1v) is 3.71. The van der Waals surface area contributed by atoms with E-state index in [1.807, 2.05) is 0 Å². The molecular weight excluding hydrogens is 246 g/mol. The first kappa shape index (κ1) is 5.71. The molecule has 0 saturated heterocycles. The lowest BCUT2D eigenvalue weighted by molar-refractivity contribution is 1.07. The molecule has 7 heavy (non-hydrogen) atoms. The van der Waals surface area contributed by atoms with E-state index in [1.165, 1.54) is 11.3 Å². The number of hydrogen-bond donors (Lipinski definition) is 0. The van der Waals surface area contributed by atoms with Gasteiger partial charge in [0.2, 0.25) is 4.47 Å². The van der Waals surface area contributed by atoms with Gasteiger partial charge < -0.3 is 0 Å². The molecule has 1 aromatic heterocycles. The lowest BCUT2D eigenvalue weighted by atomic mass is 11.6. The highest BCUT2D eigenvalue weighted by Gasteiger charge is 1.92. The zero-order valence-corrected chi connectivity index (χ0v) is 6.79. The van der Waals surface area contributed by atoms with Crippen molar-refractivity contribution < 1.29 is 0 Å². The molecule has 0 unspecified atom stereocenters. The topological polar surface area (TPSA) is 25.8 Å². The molecule has 38 valence electrons. The second kappa shape index (κ2) is 2.23. The van der Waals surface area contributed by atoms with Gasteiger partial charge in [-0.2, -0.15) is 0 Å². The van der Waals surface area contributed by atoms with Crippen LogP contribution >= 0.6 is 45.5 Å². The van der Waals surface area contributed by atoms with E-state index in [2.05, 4.69) is 32.8 Å². The summed E-state index contributed by atoms with van der Waals surface area (Å²) < 4.78 is 1.38. The molecule has 0 aliphatic rings. The van der Waals surface area contributed by atoms with Gasteiger partial charge in [-0.3, -0.25) is 0 Å². The molecule has 0 aromatic carbocycles. The van der Waals surface area contributed by atoms with E-state index < -0.39 is 0 Å². The van der Waals surface area contributed by atoms with Gasteiger partial charge in [-0.1, -0.05) is 11.3 Å². The first-order valence-electron chi connectivity index (χ1n) is 1.43. The summed E-state index contributed by atoms with van der Waals surface area (Å²) in [7, 11) is 0. The van der Waals surface area contributed by atoms with Crippen LogP contribution in [0.2, 0.25) is 4.47 Å². The molecule has 0 bridgehead atoms. The van der Waals surface area contributed by atoms with Crippen molar-refractivity contribution >= 4 is 45.5 Å². The molecular formula is C2ClIN2S. The summed E-state index contributed by atoms with van der Waals surface area (Å²) in [6.07, 6.45) is 0. The summed E-state index contributed by atoms with van der Waals surface area (Å²) in [6, 6.07) is 0. The highest BCUT2D eigenvalue weighted by Crippen LogP contribution is 2.15. The molecule has 0 spiro atoms. The number of nitrogens with zero attached hydrogens (tertiary/aromatic N) is 2. The van der Waals surface area contributed by atoms with Crippen LogP contribution in [-0.4, -0.2) is 10.2 Å². The smallest absolute Gasteiger partial charge is 0.131 e. The van der Waals surface area contributed by atoms with Gasteiger partial charge in [0.05, 0.1) is 0 Å². The minimum absolute atomic E-state index is 0.504. The van der Waals surface area contributed by atoms with Gasteiger partial charge >= 0.3 is 0 Å². The molecule has 0 saturated carbocycles. The van der Waals surface area contributed by atoms with Crippen molar-refractivity contribution in [2.24, 2.45) is 0 Å². The molecule has 0 aliphatic heterocycles. The third-order valence-electron chi connectivity index (χ3n) is 0.376. The lowest BCUT2D eigenvalue weighted by Gasteiger charge is -1.60. The van der Waals surface area contributed by atoms with E-state index in [4.69, 9.17) is 11.6 Å². The second-order valence-corrected chi connectivity index (χ2v) is 4.12. The van der Waals surface area contributed by atoms with E-state index in [0.29, 0.717) is 4.47 Å². The summed E-state index contributed by atoms with van der Waals surface area (Å²) in [5.74, 6) is 0. The van der Waals surface area contributed by atoms with Gasteiger partial charge in [0.15, 0.2) is 3.01 Å². The van der Waals surface area contributed by atoms with Crippen LogP contribution in [0.3, 0.4) is 0 Å². The Morgan fingerprint density at radius 1 is 1.57 bits per heavy atom. The number of aromatic nitrogens is 2. The minimum Gasteiger partial charge on any atom is -0.131 e. The van der Waals surface area contributed by atoms with Gasteiger partial charge in [-0.15, -0.1) is 10.2 Å². The van der Waals surface area contributed by atoms with E-state index in [9.17, 15) is 0 Å². The van der Waals surface area contributed by atoms with Gasteiger partial charge in [0.25, 0.3) is 0 Å². The Bertz CT molecular complexity index is 148. The number of rotatable bonds is 0. The average molecular weight is 246 g/mol. The third kappa shape index (κ3) is 1.50. The Morgan fingerprint density at radius 3 is 2.43 bits per heavy atom. The summed E-state index contributed by atoms with van der Waals surface area (Å²) in [5.41, 5.74) is 0. The van der Waals surface area contributed by atoms with Gasteiger partial charge in [0.1, 0.15) is 0 Å². The highest BCUT2D eigenvalue weighted by atomic mass is 127. The van der Waals surface area contributed by atoms with Crippen molar-refractivity contribution in [1.29, 1.82) is 0 Å². The Hall–Kier alpha value is 0.580. The monoisotopic (exact) mass is 246 g/mol. The summed E-state index contributed by atoms with van der Waals surface area (Å²) in [5, 5.41) is 7.18. The van der Waals surface area contributed by atoms with Crippen LogP contribution in [-0.2, 0) is 0 Å². The predicted molar refractivity (Wildman–Crippen MR) is 37.6 cm³/mol. The van der Waals surface area contributed by atoms with Gasteiger partial charge in [-0.25, -0.2) is 0 Å². The van der Waals surface area contributed by atoms with Crippen molar-refractivity contribution in [2.75, 3.05) is 0 Å². The Kier molecular flexibility index (Phi) is 1.82. The van der Waals surface area contributed by atoms with E-state index in [1.54, 1.807) is 0 Å². The Morgan fingerprint density at radius 2 is 2.29 bits per heavy atom. The van der Waals surface area contributed by atoms with Gasteiger partial charge in [-0.05, 0) is 34.2 Å². The molecule has 0 amide bonds. The van der Waals surface area contributed by atoms with Crippen LogP contribution in [0.15, 0.2) is 0 Å². The molecule has 1 rings (SSSR count). The lowest BCUT2D eigenvalue weighted by Crippen LogP contribution is -1.64. The second-order valence-electron chi connectivity index (χ2n) is 0.808. The van der Waals surface area contributed by atoms with Crippen LogP contribution in [0.25, 0.3) is 0 Å². The van der Waals surface area contributed by atoms with Crippen LogP contribution in [0, 0.1) is 3.01 Å². The number of hydrogen-bond acceptors (Lipinski definition) is 3. The van der Waals surface area contributed by atoms with Crippen molar-refractivity contribution in [1.82, 2.24) is 10.2 Å². The van der Waals surface area contributed by atoms with Crippen LogP contribution in [0.1, 0.15) is 0 Å². The maximum absolute atomic E-state index is 5.40. The highest BCUT2D eigenvalue weighted by molar-refractivity contribution is 14.1. The third-order valence-corrected chi connectivity index (χ3v) is 2.06. The van der Waals surface area contributed by atoms with E-state index in [0.717, 1.165) is 3.01 Å². The summed E-state index contributed by atoms with van der Waals surface area (Å²) in [4.78, 5) is 0. The molecule has 0 atom stereocenters. The van der Waals surface area contributed by atoms with Crippen molar-refractivity contribution in [3.63, 3.8) is 0 Å². The molecule has 0 fully saturated rings. The average Bonchev–Trinajstić information content (AvgIpc) is 1.87. The van der Waals surface area contributed by atoms with Crippen molar-refractivity contribution in [3.8, 4) is 0 Å². The molecule has 1 aromatic rings. The SMILES string of the molecule is Clc1nnc(I)s1. The Labute approximate surface area is 63.0 Å². The van der Waals surface area contributed by atoms with E-state index >= 15 is 0 Å². The quantitative estimate of drug-likeness (QED) is 0.652. The fraction of sp³-hybridized carbons (Fsp3) is 0. The fourth-order valence-corrected chi connectivity index (χ4v) is 1.87. The molecule has 0 radical (unpaired) electrons. The fourth-order valence-electron chi connectivity index (χ4n) is 0.189. The van der Waals surface area contributed by atoms with Crippen molar-refractivity contribution in [2.45, 2.75) is 0 Å². The molecule has 2 nitrogen and oxygen atoms in total. The van der Waals surface area contributed by atoms with Crippen LogP contribution in [0.4, 0.5) is 0 Å². The zero-order chi connectivity index (χ0) is 5.28. The van der Waals surface area contributed by atoms with Crippen LogP contribution in [0.5, 0.6) is 0 Å². The maximum atomic E-state index is 5.40. The standard InChI is InChI=1S/C2ClIN2S/c3-1-5-6-2(4)7-1. The summed E-state index contributed by atoms with van der Waals surface area (Å²) >= 11 is 8.83. The molecule has 0 N–H and O–H groups in total. The van der Waals surface area contributed by atoms with E-state index in [-0.39, 0.29) is 0 Å². The van der Waals surface area contributed by atoms with Crippen LogP contribution < -0.4 is 0 Å². The van der Waals surface area contributed by atoms with Gasteiger partial charge in [0, 0.05) is 0 Å². The first-order chi connectivity index (χ1) is 3.29. The Balaban J connectivity index is 3.04.